The molecule has 2 aromatic rings. The summed E-state index contributed by atoms with van der Waals surface area (Å²) in [7, 11) is 0. The molecule has 86 valence electrons. The number of phenolic OH excluding ortho intramolecular Hbond substituents is 1. The Labute approximate surface area is 99.5 Å². The highest BCUT2D eigenvalue weighted by Gasteiger charge is 2.34. The van der Waals surface area contributed by atoms with Gasteiger partial charge in [-0.05, 0) is 24.3 Å². The molecule has 2 aromatic carbocycles. The summed E-state index contributed by atoms with van der Waals surface area (Å²) >= 11 is 0. The Kier molecular flexibility index (Phi) is 2.08. The molecule has 1 aliphatic rings. The Balaban J connectivity index is 1.89. The molecule has 0 aromatic heterocycles. The minimum atomic E-state index is 0.282. The Morgan fingerprint density at radius 1 is 0.882 bits per heavy atom. The second-order valence-corrected chi connectivity index (χ2v) is 3.99. The van der Waals surface area contributed by atoms with Crippen molar-refractivity contribution in [3.8, 4) is 5.75 Å². The third kappa shape index (κ3) is 1.63. The van der Waals surface area contributed by atoms with Crippen molar-refractivity contribution >= 4 is 17.1 Å². The average Bonchev–Trinajstić information content (AvgIpc) is 3.10. The molecule has 1 fully saturated rings. The van der Waals surface area contributed by atoms with E-state index in [9.17, 15) is 5.11 Å². The molecule has 1 saturated heterocycles. The Morgan fingerprint density at radius 3 is 2.18 bits per heavy atom. The lowest BCUT2D eigenvalue weighted by atomic mass is 10.3. The summed E-state index contributed by atoms with van der Waals surface area (Å²) in [5.41, 5.74) is 8.42. The van der Waals surface area contributed by atoms with E-state index in [0.29, 0.717) is 0 Å². The van der Waals surface area contributed by atoms with Gasteiger partial charge in [0.1, 0.15) is 18.1 Å². The molecule has 0 atom stereocenters. The maximum atomic E-state index is 9.76. The molecule has 0 amide bonds. The summed E-state index contributed by atoms with van der Waals surface area (Å²) in [5.74, 6) is 0.282. The highest BCUT2D eigenvalue weighted by atomic mass is 16.3. The van der Waals surface area contributed by atoms with Gasteiger partial charge in [-0.25, -0.2) is 0 Å². The van der Waals surface area contributed by atoms with Crippen LogP contribution in [0.25, 0.3) is 0 Å². The Bertz CT molecular complexity index is 506. The number of nitrogens with zero attached hydrogens (tertiary/aromatic N) is 2. The number of phenols is 1. The van der Waals surface area contributed by atoms with E-state index in [2.05, 4.69) is 0 Å². The molecule has 17 heavy (non-hydrogen) atoms. The van der Waals surface area contributed by atoms with E-state index in [1.807, 2.05) is 52.5 Å². The van der Waals surface area contributed by atoms with Gasteiger partial charge in [-0.3, -0.25) is 10.0 Å². The van der Waals surface area contributed by atoms with Crippen molar-refractivity contribution in [2.24, 2.45) is 0 Å². The molecule has 1 aliphatic heterocycles. The molecule has 0 saturated carbocycles. The second-order valence-electron chi connectivity index (χ2n) is 3.99. The highest BCUT2D eigenvalue weighted by Crippen LogP contribution is 2.39. The summed E-state index contributed by atoms with van der Waals surface area (Å²) in [6.07, 6.45) is 0. The summed E-state index contributed by atoms with van der Waals surface area (Å²) < 4.78 is 0. The minimum Gasteiger partial charge on any atom is -0.506 e. The fraction of sp³-hybridized carbons (Fsp3) is 0.0769. The van der Waals surface area contributed by atoms with Crippen molar-refractivity contribution in [2.75, 3.05) is 22.4 Å². The van der Waals surface area contributed by atoms with Gasteiger partial charge in [0.05, 0.1) is 11.4 Å². The molecule has 0 unspecified atom stereocenters. The molecule has 0 spiro atoms. The first kappa shape index (κ1) is 9.84. The number of benzene rings is 2. The fourth-order valence-electron chi connectivity index (χ4n) is 1.92. The van der Waals surface area contributed by atoms with Gasteiger partial charge in [0.15, 0.2) is 0 Å². The quantitative estimate of drug-likeness (QED) is 0.610. The zero-order valence-corrected chi connectivity index (χ0v) is 9.24. The largest absolute Gasteiger partial charge is 0.506 e. The minimum absolute atomic E-state index is 0.282. The van der Waals surface area contributed by atoms with Gasteiger partial charge in [-0.1, -0.05) is 24.3 Å². The average molecular weight is 227 g/mol. The van der Waals surface area contributed by atoms with E-state index in [0.717, 1.165) is 23.7 Å². The molecule has 3 rings (SSSR count). The van der Waals surface area contributed by atoms with E-state index in [4.69, 9.17) is 5.73 Å². The molecule has 4 nitrogen and oxygen atoms in total. The molecular weight excluding hydrogens is 214 g/mol. The SMILES string of the molecule is Nc1ccccc1N1CN1c1ccccc1O. The van der Waals surface area contributed by atoms with E-state index in [1.165, 1.54) is 0 Å². The number of para-hydroxylation sites is 4. The number of rotatable bonds is 2. The molecule has 4 heteroatoms. The van der Waals surface area contributed by atoms with Crippen LogP contribution in [-0.2, 0) is 0 Å². The molecular formula is C13H13N3O. The van der Waals surface area contributed by atoms with Gasteiger partial charge in [-0.2, -0.15) is 0 Å². The third-order valence-electron chi connectivity index (χ3n) is 2.85. The lowest BCUT2D eigenvalue weighted by Crippen LogP contribution is -2.05. The second kappa shape index (κ2) is 3.59. The number of hydrogen-bond acceptors (Lipinski definition) is 4. The smallest absolute Gasteiger partial charge is 0.140 e. The van der Waals surface area contributed by atoms with Gasteiger partial charge in [-0.15, -0.1) is 0 Å². The van der Waals surface area contributed by atoms with Gasteiger partial charge >= 0.3 is 0 Å². The van der Waals surface area contributed by atoms with Crippen LogP contribution < -0.4 is 15.8 Å². The number of anilines is 3. The van der Waals surface area contributed by atoms with Crippen molar-refractivity contribution in [3.63, 3.8) is 0 Å². The maximum Gasteiger partial charge on any atom is 0.140 e. The van der Waals surface area contributed by atoms with E-state index < -0.39 is 0 Å². The van der Waals surface area contributed by atoms with Crippen LogP contribution in [0, 0.1) is 0 Å². The summed E-state index contributed by atoms with van der Waals surface area (Å²) in [4.78, 5) is 0. The van der Waals surface area contributed by atoms with Crippen LogP contribution in [0.5, 0.6) is 5.75 Å². The van der Waals surface area contributed by atoms with Gasteiger partial charge in [0.2, 0.25) is 0 Å². The predicted octanol–water partition coefficient (Wildman–Crippen LogP) is 2.17. The van der Waals surface area contributed by atoms with Crippen LogP contribution in [0.1, 0.15) is 0 Å². The molecule has 0 aliphatic carbocycles. The number of nitrogen functional groups attached to an aromatic ring is 1. The Morgan fingerprint density at radius 2 is 1.47 bits per heavy atom. The first-order valence-electron chi connectivity index (χ1n) is 5.45. The summed E-state index contributed by atoms with van der Waals surface area (Å²) in [6, 6.07) is 15.0. The fourth-order valence-corrected chi connectivity index (χ4v) is 1.92. The van der Waals surface area contributed by atoms with Crippen molar-refractivity contribution < 1.29 is 5.11 Å². The maximum absolute atomic E-state index is 9.76. The zero-order valence-electron chi connectivity index (χ0n) is 9.24. The van der Waals surface area contributed by atoms with Crippen LogP contribution in [0.4, 0.5) is 17.1 Å². The molecule has 0 radical (unpaired) electrons. The van der Waals surface area contributed by atoms with Gasteiger partial charge < -0.3 is 10.8 Å². The van der Waals surface area contributed by atoms with Crippen molar-refractivity contribution in [2.45, 2.75) is 0 Å². The van der Waals surface area contributed by atoms with Crippen LogP contribution in [0.3, 0.4) is 0 Å². The first-order valence-corrected chi connectivity index (χ1v) is 5.45. The van der Waals surface area contributed by atoms with E-state index >= 15 is 0 Å². The van der Waals surface area contributed by atoms with Crippen LogP contribution in [0.15, 0.2) is 48.5 Å². The Hall–Kier alpha value is -2.36. The number of hydrogen-bond donors (Lipinski definition) is 2. The first-order chi connectivity index (χ1) is 8.27. The summed E-state index contributed by atoms with van der Waals surface area (Å²) in [6.45, 7) is 0.742. The highest BCUT2D eigenvalue weighted by molar-refractivity contribution is 5.77. The number of aromatic hydroxyl groups is 1. The van der Waals surface area contributed by atoms with E-state index in [1.54, 1.807) is 6.07 Å². The monoisotopic (exact) mass is 227 g/mol. The van der Waals surface area contributed by atoms with Gasteiger partial charge in [0.25, 0.3) is 0 Å². The topological polar surface area (TPSA) is 52.3 Å². The van der Waals surface area contributed by atoms with Crippen molar-refractivity contribution in [1.29, 1.82) is 0 Å². The van der Waals surface area contributed by atoms with Crippen LogP contribution in [-0.4, -0.2) is 11.8 Å². The normalized spacial score (nSPS) is 13.9. The zero-order chi connectivity index (χ0) is 11.8. The van der Waals surface area contributed by atoms with Crippen LogP contribution >= 0.6 is 0 Å². The summed E-state index contributed by atoms with van der Waals surface area (Å²) in [5, 5.41) is 13.7. The van der Waals surface area contributed by atoms with E-state index in [-0.39, 0.29) is 5.75 Å². The van der Waals surface area contributed by atoms with Crippen molar-refractivity contribution in [1.82, 2.24) is 0 Å². The molecule has 3 N–H and O–H groups in total. The van der Waals surface area contributed by atoms with Crippen LogP contribution in [0.2, 0.25) is 0 Å². The third-order valence-corrected chi connectivity index (χ3v) is 2.85. The number of nitrogens with two attached hydrogens (primary N) is 1. The molecule has 1 heterocycles. The predicted molar refractivity (Wildman–Crippen MR) is 68.8 cm³/mol. The van der Waals surface area contributed by atoms with Gasteiger partial charge in [0, 0.05) is 0 Å². The lowest BCUT2D eigenvalue weighted by Gasteiger charge is -2.10. The van der Waals surface area contributed by atoms with Crippen molar-refractivity contribution in [3.05, 3.63) is 48.5 Å². The standard InChI is InChI=1S/C13H13N3O/c14-10-5-1-2-6-11(10)15-9-16(15)12-7-3-4-8-13(12)17/h1-8,17H,9,14H2. The lowest BCUT2D eigenvalue weighted by molar-refractivity contribution is 0.476. The number of hydrazine groups is 1. The molecule has 0 bridgehead atoms.